The number of rotatable bonds is 2. The first-order chi connectivity index (χ1) is 13.7. The summed E-state index contributed by atoms with van der Waals surface area (Å²) in [4.78, 5) is 17.3. The summed E-state index contributed by atoms with van der Waals surface area (Å²) in [7, 11) is 8.24. The van der Waals surface area contributed by atoms with Crippen LogP contribution < -0.4 is 19.6 Å². The molecule has 0 N–H and O–H groups in total. The van der Waals surface area contributed by atoms with Crippen LogP contribution in [0.2, 0.25) is 0 Å². The molecule has 0 unspecified atom stereocenters. The van der Waals surface area contributed by atoms with Gasteiger partial charge >= 0.3 is 25.2 Å². The summed E-state index contributed by atoms with van der Waals surface area (Å²) < 4.78 is 0. The molecule has 4 heterocycles. The van der Waals surface area contributed by atoms with Gasteiger partial charge in [-0.3, -0.25) is 0 Å². The first-order valence-electron chi connectivity index (χ1n) is 8.50. The Morgan fingerprint density at radius 1 is 0.786 bits per heavy atom. The van der Waals surface area contributed by atoms with Crippen molar-refractivity contribution >= 4 is 44.5 Å². The van der Waals surface area contributed by atoms with E-state index in [1.165, 1.54) is 0 Å². The van der Waals surface area contributed by atoms with Gasteiger partial charge in [0.15, 0.2) is 0 Å². The van der Waals surface area contributed by atoms with Gasteiger partial charge in [0.05, 0.1) is 0 Å². The fourth-order valence-electron chi connectivity index (χ4n) is 3.36. The normalized spacial score (nSPS) is 14.6. The second-order valence-corrected chi connectivity index (χ2v) is 6.31. The first kappa shape index (κ1) is 18.9. The van der Waals surface area contributed by atoms with Gasteiger partial charge in [-0.15, -0.1) is 29.6 Å². The molecule has 8 heteroatoms. The van der Waals surface area contributed by atoms with E-state index in [9.17, 15) is 0 Å². The molecular weight excluding hydrogens is 423 g/mol. The zero-order valence-electron chi connectivity index (χ0n) is 15.2. The number of aromatic nitrogens is 2. The van der Waals surface area contributed by atoms with Crippen LogP contribution in [0.25, 0.3) is 0 Å². The zero-order chi connectivity index (χ0) is 19.7. The van der Waals surface area contributed by atoms with Crippen molar-refractivity contribution in [3.8, 4) is 0 Å². The molecular formula is C20H17ClCuN6-3. The predicted octanol–water partition coefficient (Wildman–Crippen LogP) is 4.38. The topological polar surface area (TPSA) is 38.7 Å². The van der Waals surface area contributed by atoms with Gasteiger partial charge in [0.2, 0.25) is 0 Å². The second kappa shape index (κ2) is 7.87. The van der Waals surface area contributed by atoms with Crippen LogP contribution in [0.1, 0.15) is 0 Å². The van der Waals surface area contributed by atoms with Crippen molar-refractivity contribution < 1.29 is 15.1 Å². The molecule has 0 spiro atoms. The summed E-state index contributed by atoms with van der Waals surface area (Å²) in [6.45, 7) is 4.05. The molecule has 0 amide bonds. The predicted molar refractivity (Wildman–Crippen MR) is 109 cm³/mol. The number of anilines is 6. The average Bonchev–Trinajstić information content (AvgIpc) is 3.28. The molecule has 0 atom stereocenters. The first-order valence-corrected chi connectivity index (χ1v) is 9.80. The molecule has 2 aromatic heterocycles. The fraction of sp³-hybridized carbons (Fsp3) is 0.100. The van der Waals surface area contributed by atoms with Gasteiger partial charge in [0, 0.05) is 23.8 Å². The molecule has 28 heavy (non-hydrogen) atoms. The maximum absolute atomic E-state index is 4.53. The molecule has 0 aliphatic carbocycles. The van der Waals surface area contributed by atoms with Crippen LogP contribution in [-0.4, -0.2) is 24.1 Å². The molecule has 0 saturated heterocycles. The minimum absolute atomic E-state index is 0.907. The average molecular weight is 440 g/mol. The number of hydrogen-bond donors (Lipinski definition) is 0. The third kappa shape index (κ3) is 3.15. The summed E-state index contributed by atoms with van der Waals surface area (Å²) in [5.74, 6) is 1.81. The molecule has 2 aliphatic heterocycles. The Morgan fingerprint density at radius 3 is 1.71 bits per heavy atom. The van der Waals surface area contributed by atoms with E-state index in [1.807, 2.05) is 70.2 Å². The van der Waals surface area contributed by atoms with Gasteiger partial charge in [0.1, 0.15) is 11.6 Å². The van der Waals surface area contributed by atoms with Gasteiger partial charge in [0.25, 0.3) is 0 Å². The van der Waals surface area contributed by atoms with Crippen molar-refractivity contribution in [2.75, 3.05) is 33.7 Å². The number of nitrogens with zero attached hydrogens (tertiary/aromatic N) is 6. The molecule has 2 aliphatic rings. The summed E-state index contributed by atoms with van der Waals surface area (Å²) >= 11 is 3.66. The van der Waals surface area contributed by atoms with Gasteiger partial charge in [-0.1, -0.05) is 0 Å². The Kier molecular flexibility index (Phi) is 5.31. The number of halogens is 1. The molecule has 0 fully saturated rings. The third-order valence-corrected chi connectivity index (χ3v) is 4.61. The molecule has 1 aromatic carbocycles. The van der Waals surface area contributed by atoms with Gasteiger partial charge in [-0.2, -0.15) is 19.4 Å². The SMILES string of the molecule is CN1[CH-]N(c2[c-]c(N3[CH-]N(C)c4cccnc43)ccc2)c2ncccc21.[Cl][Cu]. The monoisotopic (exact) mass is 439 g/mol. The quantitative estimate of drug-likeness (QED) is 0.435. The third-order valence-electron chi connectivity index (χ3n) is 4.61. The van der Waals surface area contributed by atoms with Crippen LogP contribution in [0.5, 0.6) is 0 Å². The number of hydrogen-bond acceptors (Lipinski definition) is 6. The van der Waals surface area contributed by atoms with Gasteiger partial charge < -0.3 is 19.6 Å². The van der Waals surface area contributed by atoms with E-state index < -0.39 is 0 Å². The standard InChI is InChI=1S/C20H17N6.ClH.Cu/c1-23-13-25(19-17(23)8-4-10-21-19)15-6-3-7-16(12-15)26-14-24(2)18-9-5-11-22-20(18)26;;/h3-11,13-14H,1-2H3;1H;/q-3;;+1/p-1. The van der Waals surface area contributed by atoms with E-state index in [1.54, 1.807) is 0 Å². The van der Waals surface area contributed by atoms with Gasteiger partial charge in [-0.05, 0) is 38.4 Å². The van der Waals surface area contributed by atoms with Crippen LogP contribution in [0, 0.1) is 19.4 Å². The van der Waals surface area contributed by atoms with E-state index >= 15 is 0 Å². The van der Waals surface area contributed by atoms with Crippen molar-refractivity contribution in [1.82, 2.24) is 9.97 Å². The van der Waals surface area contributed by atoms with Crippen molar-refractivity contribution in [2.45, 2.75) is 0 Å². The molecule has 0 radical (unpaired) electrons. The summed E-state index contributed by atoms with van der Waals surface area (Å²) in [5, 5.41) is 0. The van der Waals surface area contributed by atoms with Crippen molar-refractivity contribution in [3.63, 3.8) is 0 Å². The fourth-order valence-corrected chi connectivity index (χ4v) is 3.36. The van der Waals surface area contributed by atoms with E-state index in [0.29, 0.717) is 0 Å². The van der Waals surface area contributed by atoms with E-state index in [2.05, 4.69) is 73.0 Å². The Bertz CT molecular complexity index is 909. The van der Waals surface area contributed by atoms with E-state index in [4.69, 9.17) is 0 Å². The number of benzene rings is 1. The van der Waals surface area contributed by atoms with Crippen molar-refractivity contribution in [3.05, 3.63) is 74.3 Å². The Labute approximate surface area is 177 Å². The van der Waals surface area contributed by atoms with Crippen LogP contribution in [-0.2, 0) is 15.1 Å². The van der Waals surface area contributed by atoms with Gasteiger partial charge in [-0.25, -0.2) is 9.97 Å². The Morgan fingerprint density at radius 2 is 1.25 bits per heavy atom. The Hall–Kier alpha value is -2.47. The Balaban J connectivity index is 0.000000932. The summed E-state index contributed by atoms with van der Waals surface area (Å²) in [6, 6.07) is 17.6. The molecule has 5 rings (SSSR count). The van der Waals surface area contributed by atoms with Crippen molar-refractivity contribution in [2.24, 2.45) is 0 Å². The van der Waals surface area contributed by atoms with E-state index in [0.717, 1.165) is 34.4 Å². The summed E-state index contributed by atoms with van der Waals surface area (Å²) in [6.07, 6.45) is 3.62. The van der Waals surface area contributed by atoms with E-state index in [-0.39, 0.29) is 0 Å². The summed E-state index contributed by atoms with van der Waals surface area (Å²) in [5.41, 5.74) is 4.02. The van der Waals surface area contributed by atoms with Crippen molar-refractivity contribution in [1.29, 1.82) is 0 Å². The number of pyridine rings is 2. The molecule has 6 nitrogen and oxygen atoms in total. The zero-order valence-corrected chi connectivity index (χ0v) is 16.9. The molecule has 148 valence electrons. The minimum atomic E-state index is 0.907. The van der Waals surface area contributed by atoms with Crippen LogP contribution in [0.4, 0.5) is 34.4 Å². The van der Waals surface area contributed by atoms with Crippen LogP contribution >= 0.6 is 10.1 Å². The molecule has 0 bridgehead atoms. The number of fused-ring (bicyclic) bond motifs is 2. The van der Waals surface area contributed by atoms with Crippen LogP contribution in [0.3, 0.4) is 0 Å². The maximum atomic E-state index is 4.53. The van der Waals surface area contributed by atoms with Crippen LogP contribution in [0.15, 0.2) is 54.9 Å². The molecule has 3 aromatic rings. The molecule has 0 saturated carbocycles. The second-order valence-electron chi connectivity index (χ2n) is 6.31.